The molecular formula is C19H21N3O3. The van der Waals surface area contributed by atoms with Crippen LogP contribution in [0.1, 0.15) is 48.3 Å². The molecule has 1 aliphatic heterocycles. The minimum absolute atomic E-state index is 0.145. The molecule has 0 radical (unpaired) electrons. The Morgan fingerprint density at radius 2 is 1.96 bits per heavy atom. The molecule has 1 saturated carbocycles. The van der Waals surface area contributed by atoms with Gasteiger partial charge in [-0.2, -0.15) is 5.10 Å². The quantitative estimate of drug-likeness (QED) is 0.929. The largest absolute Gasteiger partial charge is 0.481 e. The summed E-state index contributed by atoms with van der Waals surface area (Å²) in [4.78, 5) is 26.2. The zero-order valence-corrected chi connectivity index (χ0v) is 14.2. The summed E-state index contributed by atoms with van der Waals surface area (Å²) < 4.78 is 1.70. The summed E-state index contributed by atoms with van der Waals surface area (Å²) in [5.74, 6) is -0.550. The standard InChI is InChI=1S/C19H21N3O3/c1-19(18(24)25)9-10-21(12-19)17(23)16-11-15(13-7-8-13)20-22(16)14-5-3-2-4-6-14/h2-6,11,13H,7-10,12H2,1H3,(H,24,25). The third-order valence-corrected chi connectivity index (χ3v) is 5.22. The van der Waals surface area contributed by atoms with Gasteiger partial charge in [0.2, 0.25) is 0 Å². The molecule has 25 heavy (non-hydrogen) atoms. The van der Waals surface area contributed by atoms with Gasteiger partial charge in [-0.1, -0.05) is 18.2 Å². The van der Waals surface area contributed by atoms with Gasteiger partial charge in [0.15, 0.2) is 0 Å². The Bertz CT molecular complexity index is 826. The monoisotopic (exact) mass is 339 g/mol. The minimum Gasteiger partial charge on any atom is -0.481 e. The molecule has 0 spiro atoms. The molecule has 1 amide bonds. The second kappa shape index (κ2) is 5.72. The Balaban J connectivity index is 1.68. The summed E-state index contributed by atoms with van der Waals surface area (Å²) in [5.41, 5.74) is 1.44. The van der Waals surface area contributed by atoms with Crippen LogP contribution in [-0.4, -0.2) is 44.8 Å². The van der Waals surface area contributed by atoms with Crippen molar-refractivity contribution >= 4 is 11.9 Å². The first-order valence-corrected chi connectivity index (χ1v) is 8.66. The van der Waals surface area contributed by atoms with Gasteiger partial charge in [0.05, 0.1) is 16.8 Å². The Kier molecular flexibility index (Phi) is 3.63. The van der Waals surface area contributed by atoms with Gasteiger partial charge in [0.25, 0.3) is 5.91 Å². The van der Waals surface area contributed by atoms with E-state index in [9.17, 15) is 14.7 Å². The van der Waals surface area contributed by atoms with Crippen molar-refractivity contribution in [2.75, 3.05) is 13.1 Å². The predicted molar refractivity (Wildman–Crippen MR) is 91.8 cm³/mol. The van der Waals surface area contributed by atoms with Gasteiger partial charge in [0, 0.05) is 19.0 Å². The van der Waals surface area contributed by atoms with Gasteiger partial charge in [-0.05, 0) is 44.4 Å². The number of benzene rings is 1. The van der Waals surface area contributed by atoms with E-state index < -0.39 is 11.4 Å². The van der Waals surface area contributed by atoms with Crippen LogP contribution in [0.5, 0.6) is 0 Å². The van der Waals surface area contributed by atoms with Crippen molar-refractivity contribution in [1.29, 1.82) is 0 Å². The fourth-order valence-electron chi connectivity index (χ4n) is 3.37. The summed E-state index contributed by atoms with van der Waals surface area (Å²) in [6.45, 7) is 2.40. The lowest BCUT2D eigenvalue weighted by Gasteiger charge is -2.20. The molecule has 1 atom stereocenters. The average molecular weight is 339 g/mol. The van der Waals surface area contributed by atoms with E-state index in [1.807, 2.05) is 36.4 Å². The van der Waals surface area contributed by atoms with Crippen LogP contribution < -0.4 is 0 Å². The van der Waals surface area contributed by atoms with Crippen molar-refractivity contribution in [1.82, 2.24) is 14.7 Å². The lowest BCUT2D eigenvalue weighted by atomic mass is 9.90. The molecule has 1 saturated heterocycles. The first kappa shape index (κ1) is 15.9. The van der Waals surface area contributed by atoms with E-state index in [0.29, 0.717) is 24.6 Å². The Hall–Kier alpha value is -2.63. The molecule has 6 heteroatoms. The van der Waals surface area contributed by atoms with Gasteiger partial charge >= 0.3 is 5.97 Å². The molecule has 2 aliphatic rings. The van der Waals surface area contributed by atoms with E-state index in [-0.39, 0.29) is 12.5 Å². The molecule has 2 aromatic rings. The molecule has 130 valence electrons. The molecule has 6 nitrogen and oxygen atoms in total. The van der Waals surface area contributed by atoms with E-state index in [2.05, 4.69) is 5.10 Å². The van der Waals surface area contributed by atoms with E-state index in [0.717, 1.165) is 24.2 Å². The van der Waals surface area contributed by atoms with Gasteiger partial charge in [-0.15, -0.1) is 0 Å². The average Bonchev–Trinajstić information content (AvgIpc) is 3.23. The van der Waals surface area contributed by atoms with Crippen LogP contribution >= 0.6 is 0 Å². The second-order valence-electron chi connectivity index (χ2n) is 7.32. The topological polar surface area (TPSA) is 75.4 Å². The Labute approximate surface area is 146 Å². The van der Waals surface area contributed by atoms with Gasteiger partial charge in [-0.3, -0.25) is 9.59 Å². The minimum atomic E-state index is -0.868. The maximum Gasteiger partial charge on any atom is 0.311 e. The van der Waals surface area contributed by atoms with Crippen molar-refractivity contribution in [2.45, 2.75) is 32.1 Å². The fourth-order valence-corrected chi connectivity index (χ4v) is 3.37. The third-order valence-electron chi connectivity index (χ3n) is 5.22. The van der Waals surface area contributed by atoms with E-state index in [1.165, 1.54) is 0 Å². The molecule has 1 unspecified atom stereocenters. The predicted octanol–water partition coefficient (Wildman–Crippen LogP) is 2.69. The number of carboxylic acid groups (broad SMARTS) is 1. The number of para-hydroxylation sites is 1. The summed E-state index contributed by atoms with van der Waals surface area (Å²) >= 11 is 0. The molecule has 0 bridgehead atoms. The summed E-state index contributed by atoms with van der Waals surface area (Å²) in [6.07, 6.45) is 2.70. The van der Waals surface area contributed by atoms with Gasteiger partial charge in [0.1, 0.15) is 5.69 Å². The number of carbonyl (C=O) groups excluding carboxylic acids is 1. The molecule has 4 rings (SSSR count). The highest BCUT2D eigenvalue weighted by atomic mass is 16.4. The molecule has 1 aromatic heterocycles. The number of carboxylic acids is 1. The summed E-state index contributed by atoms with van der Waals surface area (Å²) in [7, 11) is 0. The van der Waals surface area contributed by atoms with Gasteiger partial charge < -0.3 is 10.0 Å². The first-order valence-electron chi connectivity index (χ1n) is 8.66. The number of aromatic nitrogens is 2. The zero-order valence-electron chi connectivity index (χ0n) is 14.2. The molecular weight excluding hydrogens is 318 g/mol. The lowest BCUT2D eigenvalue weighted by Crippen LogP contribution is -2.35. The number of aliphatic carboxylic acids is 1. The third kappa shape index (κ3) is 2.81. The molecule has 1 aromatic carbocycles. The number of hydrogen-bond donors (Lipinski definition) is 1. The number of hydrogen-bond acceptors (Lipinski definition) is 3. The summed E-state index contributed by atoms with van der Waals surface area (Å²) in [6, 6.07) is 11.5. The van der Waals surface area contributed by atoms with E-state index in [4.69, 9.17) is 0 Å². The molecule has 2 heterocycles. The van der Waals surface area contributed by atoms with Crippen LogP contribution in [0.15, 0.2) is 36.4 Å². The Morgan fingerprint density at radius 3 is 2.56 bits per heavy atom. The smallest absolute Gasteiger partial charge is 0.311 e. The molecule has 2 fully saturated rings. The highest BCUT2D eigenvalue weighted by Gasteiger charge is 2.43. The number of likely N-dealkylation sites (tertiary alicyclic amines) is 1. The highest BCUT2D eigenvalue weighted by molar-refractivity contribution is 5.94. The first-order chi connectivity index (χ1) is 12.0. The van der Waals surface area contributed by atoms with Crippen molar-refractivity contribution in [3.05, 3.63) is 47.8 Å². The SMILES string of the molecule is CC1(C(=O)O)CCN(C(=O)c2cc(C3CC3)nn2-c2ccccc2)C1. The Morgan fingerprint density at radius 1 is 1.24 bits per heavy atom. The van der Waals surface area contributed by atoms with Crippen LogP contribution in [0, 0.1) is 5.41 Å². The normalized spacial score (nSPS) is 23.0. The fraction of sp³-hybridized carbons (Fsp3) is 0.421. The van der Waals surface area contributed by atoms with Crippen LogP contribution in [0.4, 0.5) is 0 Å². The van der Waals surface area contributed by atoms with Crippen molar-refractivity contribution in [2.24, 2.45) is 5.41 Å². The lowest BCUT2D eigenvalue weighted by molar-refractivity contribution is -0.147. The van der Waals surface area contributed by atoms with Crippen molar-refractivity contribution in [3.63, 3.8) is 0 Å². The van der Waals surface area contributed by atoms with Crippen molar-refractivity contribution in [3.8, 4) is 5.69 Å². The van der Waals surface area contributed by atoms with Gasteiger partial charge in [-0.25, -0.2) is 4.68 Å². The van der Waals surface area contributed by atoms with Crippen molar-refractivity contribution < 1.29 is 14.7 Å². The number of nitrogens with zero attached hydrogens (tertiary/aromatic N) is 3. The maximum absolute atomic E-state index is 13.1. The number of carbonyl (C=O) groups is 2. The number of amides is 1. The molecule has 1 aliphatic carbocycles. The zero-order chi connectivity index (χ0) is 17.6. The van der Waals surface area contributed by atoms with Crippen LogP contribution in [0.2, 0.25) is 0 Å². The van der Waals surface area contributed by atoms with Crippen LogP contribution in [0.25, 0.3) is 5.69 Å². The highest BCUT2D eigenvalue weighted by Crippen LogP contribution is 2.40. The van der Waals surface area contributed by atoms with Crippen LogP contribution in [-0.2, 0) is 4.79 Å². The number of rotatable bonds is 4. The molecule has 1 N–H and O–H groups in total. The second-order valence-corrected chi connectivity index (χ2v) is 7.32. The maximum atomic E-state index is 13.1. The van der Waals surface area contributed by atoms with E-state index in [1.54, 1.807) is 16.5 Å². The summed E-state index contributed by atoms with van der Waals surface area (Å²) in [5, 5.41) is 14.1. The van der Waals surface area contributed by atoms with Crippen LogP contribution in [0.3, 0.4) is 0 Å². The van der Waals surface area contributed by atoms with E-state index >= 15 is 0 Å².